The SMILES string of the molecule is Cc1ccc(Br)cc1NS(=O)(=O)c1cnn(CCCO)c1. The first kappa shape index (κ1) is 16.0. The van der Waals surface area contributed by atoms with E-state index in [9.17, 15) is 8.42 Å². The molecule has 0 amide bonds. The molecule has 0 spiro atoms. The molecular weight excluding hydrogens is 358 g/mol. The number of sulfonamides is 1. The fraction of sp³-hybridized carbons (Fsp3) is 0.308. The molecule has 21 heavy (non-hydrogen) atoms. The van der Waals surface area contributed by atoms with Gasteiger partial charge in [0.25, 0.3) is 10.0 Å². The third kappa shape index (κ3) is 4.05. The smallest absolute Gasteiger partial charge is 0.265 e. The van der Waals surface area contributed by atoms with Gasteiger partial charge in [-0.1, -0.05) is 22.0 Å². The van der Waals surface area contributed by atoms with E-state index in [1.165, 1.54) is 17.1 Å². The molecule has 0 saturated carbocycles. The number of anilines is 1. The molecule has 1 heterocycles. The van der Waals surface area contributed by atoms with Gasteiger partial charge in [0.2, 0.25) is 0 Å². The zero-order valence-electron chi connectivity index (χ0n) is 11.5. The number of nitrogens with zero attached hydrogens (tertiary/aromatic N) is 2. The second-order valence-corrected chi connectivity index (χ2v) is 7.18. The van der Waals surface area contributed by atoms with Crippen LogP contribution in [0.2, 0.25) is 0 Å². The molecule has 6 nitrogen and oxygen atoms in total. The van der Waals surface area contributed by atoms with Crippen LogP contribution in [-0.4, -0.2) is 29.9 Å². The van der Waals surface area contributed by atoms with Gasteiger partial charge in [-0.2, -0.15) is 5.10 Å². The molecule has 0 atom stereocenters. The Hall–Kier alpha value is -1.38. The largest absolute Gasteiger partial charge is 0.396 e. The van der Waals surface area contributed by atoms with Gasteiger partial charge in [-0.15, -0.1) is 0 Å². The number of aryl methyl sites for hydroxylation is 2. The van der Waals surface area contributed by atoms with Crippen LogP contribution in [0.4, 0.5) is 5.69 Å². The van der Waals surface area contributed by atoms with Crippen LogP contribution < -0.4 is 4.72 Å². The fourth-order valence-corrected chi connectivity index (χ4v) is 3.18. The van der Waals surface area contributed by atoms with Crippen LogP contribution in [-0.2, 0) is 16.6 Å². The van der Waals surface area contributed by atoms with Gasteiger partial charge >= 0.3 is 0 Å². The summed E-state index contributed by atoms with van der Waals surface area (Å²) in [4.78, 5) is 0.0971. The van der Waals surface area contributed by atoms with Gasteiger partial charge < -0.3 is 5.11 Å². The number of aromatic nitrogens is 2. The lowest BCUT2D eigenvalue weighted by atomic mass is 10.2. The van der Waals surface area contributed by atoms with Gasteiger partial charge in [-0.05, 0) is 31.0 Å². The van der Waals surface area contributed by atoms with Crippen molar-refractivity contribution in [1.29, 1.82) is 0 Å². The molecule has 0 aliphatic rings. The Labute approximate surface area is 132 Å². The van der Waals surface area contributed by atoms with Crippen molar-refractivity contribution < 1.29 is 13.5 Å². The summed E-state index contributed by atoms with van der Waals surface area (Å²) >= 11 is 3.32. The third-order valence-electron chi connectivity index (χ3n) is 2.91. The van der Waals surface area contributed by atoms with E-state index < -0.39 is 10.0 Å². The third-order valence-corrected chi connectivity index (χ3v) is 4.72. The maximum atomic E-state index is 12.3. The van der Waals surface area contributed by atoms with Crippen LogP contribution in [0, 0.1) is 6.92 Å². The Morgan fingerprint density at radius 3 is 2.90 bits per heavy atom. The molecule has 0 radical (unpaired) electrons. The Kier molecular flexibility index (Phi) is 5.02. The van der Waals surface area contributed by atoms with Crippen molar-refractivity contribution in [3.63, 3.8) is 0 Å². The summed E-state index contributed by atoms with van der Waals surface area (Å²) in [6.45, 7) is 2.34. The summed E-state index contributed by atoms with van der Waals surface area (Å²) in [7, 11) is -3.67. The summed E-state index contributed by atoms with van der Waals surface area (Å²) in [6.07, 6.45) is 3.28. The van der Waals surface area contributed by atoms with Crippen molar-refractivity contribution in [2.45, 2.75) is 24.8 Å². The number of hydrogen-bond acceptors (Lipinski definition) is 4. The van der Waals surface area contributed by atoms with Gasteiger partial charge in [-0.3, -0.25) is 9.40 Å². The molecular formula is C13H16BrN3O3S. The topological polar surface area (TPSA) is 84.2 Å². The molecule has 0 aliphatic carbocycles. The van der Waals surface area contributed by atoms with Gasteiger partial charge in [0.05, 0.1) is 11.9 Å². The van der Waals surface area contributed by atoms with Gasteiger partial charge in [-0.25, -0.2) is 8.42 Å². The Morgan fingerprint density at radius 1 is 1.43 bits per heavy atom. The predicted octanol–water partition coefficient (Wildman–Crippen LogP) is 2.14. The summed E-state index contributed by atoms with van der Waals surface area (Å²) < 4.78 is 29.5. The van der Waals surface area contributed by atoms with Crippen LogP contribution in [0.1, 0.15) is 12.0 Å². The van der Waals surface area contributed by atoms with Crippen molar-refractivity contribution in [3.05, 3.63) is 40.6 Å². The van der Waals surface area contributed by atoms with E-state index in [4.69, 9.17) is 5.11 Å². The molecule has 0 aliphatic heterocycles. The number of aliphatic hydroxyl groups is 1. The van der Waals surface area contributed by atoms with E-state index in [2.05, 4.69) is 25.8 Å². The Balaban J connectivity index is 2.22. The standard InChI is InChI=1S/C13H16BrN3O3S/c1-10-3-4-11(14)7-13(10)16-21(19,20)12-8-15-17(9-12)5-2-6-18/h3-4,7-9,16,18H,2,5-6H2,1H3. The minimum Gasteiger partial charge on any atom is -0.396 e. The van der Waals surface area contributed by atoms with Crippen molar-refractivity contribution in [2.75, 3.05) is 11.3 Å². The molecule has 2 N–H and O–H groups in total. The molecule has 1 aromatic carbocycles. The normalized spacial score (nSPS) is 11.6. The van der Waals surface area contributed by atoms with Gasteiger partial charge in [0, 0.05) is 23.8 Å². The molecule has 2 aromatic rings. The van der Waals surface area contributed by atoms with Crippen LogP contribution in [0.25, 0.3) is 0 Å². The van der Waals surface area contributed by atoms with E-state index in [0.717, 1.165) is 10.0 Å². The van der Waals surface area contributed by atoms with Gasteiger partial charge in [0.1, 0.15) is 4.90 Å². The summed E-state index contributed by atoms with van der Waals surface area (Å²) in [5, 5.41) is 12.7. The lowest BCUT2D eigenvalue weighted by Crippen LogP contribution is -2.13. The predicted molar refractivity (Wildman–Crippen MR) is 83.6 cm³/mol. The molecule has 0 unspecified atom stereocenters. The van der Waals surface area contributed by atoms with Crippen LogP contribution in [0.3, 0.4) is 0 Å². The minimum atomic E-state index is -3.67. The number of halogens is 1. The summed E-state index contributed by atoms with van der Waals surface area (Å²) in [5.74, 6) is 0. The second-order valence-electron chi connectivity index (χ2n) is 4.58. The quantitative estimate of drug-likeness (QED) is 0.812. The molecule has 114 valence electrons. The molecule has 0 saturated heterocycles. The maximum absolute atomic E-state index is 12.3. The Morgan fingerprint density at radius 2 is 2.19 bits per heavy atom. The van der Waals surface area contributed by atoms with E-state index in [1.807, 2.05) is 19.1 Å². The molecule has 0 fully saturated rings. The molecule has 0 bridgehead atoms. The van der Waals surface area contributed by atoms with E-state index in [1.54, 1.807) is 6.07 Å². The lowest BCUT2D eigenvalue weighted by molar-refractivity contribution is 0.277. The van der Waals surface area contributed by atoms with Crippen LogP contribution >= 0.6 is 15.9 Å². The van der Waals surface area contributed by atoms with E-state index >= 15 is 0 Å². The van der Waals surface area contributed by atoms with Crippen molar-refractivity contribution in [1.82, 2.24) is 9.78 Å². The van der Waals surface area contributed by atoms with E-state index in [-0.39, 0.29) is 11.5 Å². The zero-order chi connectivity index (χ0) is 15.5. The molecule has 1 aromatic heterocycles. The second kappa shape index (κ2) is 6.59. The first-order valence-electron chi connectivity index (χ1n) is 6.34. The average Bonchev–Trinajstić information content (AvgIpc) is 2.90. The van der Waals surface area contributed by atoms with Crippen LogP contribution in [0.15, 0.2) is 40.0 Å². The number of rotatable bonds is 6. The van der Waals surface area contributed by atoms with Gasteiger partial charge in [0.15, 0.2) is 0 Å². The monoisotopic (exact) mass is 373 g/mol. The fourth-order valence-electron chi connectivity index (χ4n) is 1.75. The summed E-state index contributed by atoms with van der Waals surface area (Å²) in [5.41, 5.74) is 1.35. The highest BCUT2D eigenvalue weighted by atomic mass is 79.9. The highest BCUT2D eigenvalue weighted by Crippen LogP contribution is 2.23. The van der Waals surface area contributed by atoms with Crippen molar-refractivity contribution in [3.8, 4) is 0 Å². The molecule has 2 rings (SSSR count). The zero-order valence-corrected chi connectivity index (χ0v) is 13.9. The highest BCUT2D eigenvalue weighted by molar-refractivity contribution is 9.10. The van der Waals surface area contributed by atoms with Crippen molar-refractivity contribution >= 4 is 31.6 Å². The van der Waals surface area contributed by atoms with E-state index in [0.29, 0.717) is 18.7 Å². The minimum absolute atomic E-state index is 0.0391. The Bertz CT molecular complexity index is 728. The van der Waals surface area contributed by atoms with Crippen molar-refractivity contribution in [2.24, 2.45) is 0 Å². The lowest BCUT2D eigenvalue weighted by Gasteiger charge is -2.09. The first-order valence-corrected chi connectivity index (χ1v) is 8.62. The highest BCUT2D eigenvalue weighted by Gasteiger charge is 2.17. The molecule has 8 heteroatoms. The average molecular weight is 374 g/mol. The maximum Gasteiger partial charge on any atom is 0.265 e. The number of benzene rings is 1. The number of nitrogens with one attached hydrogen (secondary N) is 1. The number of hydrogen-bond donors (Lipinski definition) is 2. The summed E-state index contributed by atoms with van der Waals surface area (Å²) in [6, 6.07) is 5.38. The van der Waals surface area contributed by atoms with Crippen LogP contribution in [0.5, 0.6) is 0 Å². The number of aliphatic hydroxyl groups excluding tert-OH is 1. The first-order chi connectivity index (χ1) is 9.92.